The lowest BCUT2D eigenvalue weighted by molar-refractivity contribution is 0.185. The van der Waals surface area contributed by atoms with Crippen molar-refractivity contribution < 1.29 is 9.84 Å². The van der Waals surface area contributed by atoms with Crippen LogP contribution in [0.25, 0.3) is 0 Å². The molecule has 0 aliphatic rings. The SMILES string of the molecule is CC(O)CCc1cccc(OC(C)C)c1. The minimum atomic E-state index is -0.236. The Kier molecular flexibility index (Phi) is 4.63. The Morgan fingerprint density at radius 3 is 2.60 bits per heavy atom. The van der Waals surface area contributed by atoms with E-state index in [1.807, 2.05) is 39.0 Å². The third kappa shape index (κ3) is 4.84. The maximum Gasteiger partial charge on any atom is 0.119 e. The molecule has 0 bridgehead atoms. The molecule has 1 rings (SSSR count). The number of hydrogen-bond donors (Lipinski definition) is 1. The van der Waals surface area contributed by atoms with Crippen LogP contribution >= 0.6 is 0 Å². The number of rotatable bonds is 5. The average molecular weight is 208 g/mol. The number of ether oxygens (including phenoxy) is 1. The van der Waals surface area contributed by atoms with Gasteiger partial charge in [-0.15, -0.1) is 0 Å². The summed E-state index contributed by atoms with van der Waals surface area (Å²) in [5.41, 5.74) is 1.22. The molecule has 0 aliphatic carbocycles. The van der Waals surface area contributed by atoms with Crippen molar-refractivity contribution in [2.24, 2.45) is 0 Å². The second-order valence-electron chi connectivity index (χ2n) is 4.20. The van der Waals surface area contributed by atoms with Crippen LogP contribution in [0.3, 0.4) is 0 Å². The molecule has 0 saturated heterocycles. The van der Waals surface area contributed by atoms with Crippen LogP contribution in [0.5, 0.6) is 5.75 Å². The van der Waals surface area contributed by atoms with Crippen LogP contribution in [0.1, 0.15) is 32.8 Å². The lowest BCUT2D eigenvalue weighted by Crippen LogP contribution is -2.06. The Morgan fingerprint density at radius 2 is 2.00 bits per heavy atom. The lowest BCUT2D eigenvalue weighted by atomic mass is 10.1. The zero-order valence-corrected chi connectivity index (χ0v) is 9.73. The van der Waals surface area contributed by atoms with Gasteiger partial charge in [-0.3, -0.25) is 0 Å². The van der Waals surface area contributed by atoms with Crippen molar-refractivity contribution >= 4 is 0 Å². The highest BCUT2D eigenvalue weighted by Gasteiger charge is 2.01. The van der Waals surface area contributed by atoms with Crippen LogP contribution in [0.2, 0.25) is 0 Å². The number of aryl methyl sites for hydroxylation is 1. The van der Waals surface area contributed by atoms with Crippen LogP contribution in [-0.4, -0.2) is 17.3 Å². The van der Waals surface area contributed by atoms with Crippen molar-refractivity contribution in [2.75, 3.05) is 0 Å². The first-order valence-electron chi connectivity index (χ1n) is 5.51. The molecule has 1 aromatic carbocycles. The monoisotopic (exact) mass is 208 g/mol. The first kappa shape index (κ1) is 12.1. The smallest absolute Gasteiger partial charge is 0.119 e. The number of hydrogen-bond acceptors (Lipinski definition) is 2. The Hall–Kier alpha value is -1.02. The average Bonchev–Trinajstić information content (AvgIpc) is 2.14. The summed E-state index contributed by atoms with van der Waals surface area (Å²) in [6, 6.07) is 8.07. The lowest BCUT2D eigenvalue weighted by Gasteiger charge is -2.11. The Balaban J connectivity index is 2.57. The fraction of sp³-hybridized carbons (Fsp3) is 0.538. The standard InChI is InChI=1S/C13H20O2/c1-10(2)15-13-6-4-5-12(9-13)8-7-11(3)14/h4-6,9-11,14H,7-8H2,1-3H3. The van der Waals surface area contributed by atoms with E-state index < -0.39 is 0 Å². The summed E-state index contributed by atoms with van der Waals surface area (Å²) in [4.78, 5) is 0. The van der Waals surface area contributed by atoms with Gasteiger partial charge in [-0.2, -0.15) is 0 Å². The molecular formula is C13H20O2. The predicted octanol–water partition coefficient (Wildman–Crippen LogP) is 2.79. The molecule has 0 amide bonds. The van der Waals surface area contributed by atoms with Crippen LogP contribution < -0.4 is 4.74 Å². The van der Waals surface area contributed by atoms with E-state index in [4.69, 9.17) is 4.74 Å². The van der Waals surface area contributed by atoms with Gasteiger partial charge >= 0.3 is 0 Å². The molecule has 1 atom stereocenters. The van der Waals surface area contributed by atoms with Crippen molar-refractivity contribution in [3.63, 3.8) is 0 Å². The first-order chi connectivity index (χ1) is 7.08. The van der Waals surface area contributed by atoms with Gasteiger partial charge in [-0.1, -0.05) is 12.1 Å². The van der Waals surface area contributed by atoms with Gasteiger partial charge in [0.2, 0.25) is 0 Å². The minimum absolute atomic E-state index is 0.206. The molecule has 0 heterocycles. The molecule has 1 unspecified atom stereocenters. The third-order valence-electron chi connectivity index (χ3n) is 2.12. The molecule has 0 aliphatic heterocycles. The molecule has 0 saturated carbocycles. The van der Waals surface area contributed by atoms with E-state index >= 15 is 0 Å². The second-order valence-corrected chi connectivity index (χ2v) is 4.20. The van der Waals surface area contributed by atoms with E-state index in [1.54, 1.807) is 0 Å². The first-order valence-corrected chi connectivity index (χ1v) is 5.51. The number of benzene rings is 1. The molecule has 15 heavy (non-hydrogen) atoms. The summed E-state index contributed by atoms with van der Waals surface area (Å²) in [6.45, 7) is 5.85. The van der Waals surface area contributed by atoms with Gasteiger partial charge in [0.1, 0.15) is 5.75 Å². The van der Waals surface area contributed by atoms with Gasteiger partial charge in [-0.25, -0.2) is 0 Å². The van der Waals surface area contributed by atoms with Crippen molar-refractivity contribution in [3.05, 3.63) is 29.8 Å². The largest absolute Gasteiger partial charge is 0.491 e. The molecule has 0 radical (unpaired) electrons. The summed E-state index contributed by atoms with van der Waals surface area (Å²) in [7, 11) is 0. The van der Waals surface area contributed by atoms with E-state index in [0.717, 1.165) is 18.6 Å². The molecule has 1 N–H and O–H groups in total. The second kappa shape index (κ2) is 5.76. The Labute approximate surface area is 91.9 Å². The van der Waals surface area contributed by atoms with Gasteiger partial charge in [-0.05, 0) is 51.3 Å². The molecule has 84 valence electrons. The normalized spacial score (nSPS) is 12.9. The van der Waals surface area contributed by atoms with Crippen molar-refractivity contribution in [2.45, 2.75) is 45.8 Å². The Bertz CT molecular complexity index is 292. The molecule has 0 fully saturated rings. The molecular weight excluding hydrogens is 188 g/mol. The highest BCUT2D eigenvalue weighted by atomic mass is 16.5. The number of aliphatic hydroxyl groups is 1. The zero-order valence-electron chi connectivity index (χ0n) is 9.73. The maximum absolute atomic E-state index is 9.20. The van der Waals surface area contributed by atoms with Gasteiger partial charge in [0.15, 0.2) is 0 Å². The van der Waals surface area contributed by atoms with E-state index in [-0.39, 0.29) is 12.2 Å². The summed E-state index contributed by atoms with van der Waals surface area (Å²) in [6.07, 6.45) is 1.66. The Morgan fingerprint density at radius 1 is 1.27 bits per heavy atom. The third-order valence-corrected chi connectivity index (χ3v) is 2.12. The van der Waals surface area contributed by atoms with Crippen LogP contribution in [0.4, 0.5) is 0 Å². The topological polar surface area (TPSA) is 29.5 Å². The van der Waals surface area contributed by atoms with Crippen LogP contribution in [0, 0.1) is 0 Å². The van der Waals surface area contributed by atoms with Crippen molar-refractivity contribution in [1.82, 2.24) is 0 Å². The van der Waals surface area contributed by atoms with E-state index in [9.17, 15) is 5.11 Å². The zero-order chi connectivity index (χ0) is 11.3. The molecule has 0 spiro atoms. The van der Waals surface area contributed by atoms with Crippen molar-refractivity contribution in [1.29, 1.82) is 0 Å². The fourth-order valence-electron chi connectivity index (χ4n) is 1.42. The summed E-state index contributed by atoms with van der Waals surface area (Å²) >= 11 is 0. The highest BCUT2D eigenvalue weighted by Crippen LogP contribution is 2.16. The molecule has 0 aromatic heterocycles. The quantitative estimate of drug-likeness (QED) is 0.806. The van der Waals surface area contributed by atoms with E-state index in [1.165, 1.54) is 5.56 Å². The van der Waals surface area contributed by atoms with E-state index in [2.05, 4.69) is 6.07 Å². The molecule has 2 heteroatoms. The van der Waals surface area contributed by atoms with Crippen LogP contribution in [-0.2, 0) is 6.42 Å². The van der Waals surface area contributed by atoms with Gasteiger partial charge in [0.25, 0.3) is 0 Å². The summed E-state index contributed by atoms with van der Waals surface area (Å²) in [5, 5.41) is 9.20. The molecule has 1 aromatic rings. The van der Waals surface area contributed by atoms with Gasteiger partial charge < -0.3 is 9.84 Å². The predicted molar refractivity (Wildman–Crippen MR) is 62.2 cm³/mol. The highest BCUT2D eigenvalue weighted by molar-refractivity contribution is 5.28. The van der Waals surface area contributed by atoms with Crippen molar-refractivity contribution in [3.8, 4) is 5.75 Å². The van der Waals surface area contributed by atoms with Gasteiger partial charge in [0, 0.05) is 0 Å². The van der Waals surface area contributed by atoms with E-state index in [0.29, 0.717) is 0 Å². The molecule has 2 nitrogen and oxygen atoms in total. The number of aliphatic hydroxyl groups excluding tert-OH is 1. The minimum Gasteiger partial charge on any atom is -0.491 e. The maximum atomic E-state index is 9.20. The fourth-order valence-corrected chi connectivity index (χ4v) is 1.42. The summed E-state index contributed by atoms with van der Waals surface area (Å²) < 4.78 is 5.60. The summed E-state index contributed by atoms with van der Waals surface area (Å²) in [5.74, 6) is 0.910. The van der Waals surface area contributed by atoms with Gasteiger partial charge in [0.05, 0.1) is 12.2 Å². The van der Waals surface area contributed by atoms with Crippen LogP contribution in [0.15, 0.2) is 24.3 Å².